The lowest BCUT2D eigenvalue weighted by molar-refractivity contribution is -0.136. The van der Waals surface area contributed by atoms with Gasteiger partial charge in [0.2, 0.25) is 5.91 Å². The molecule has 2 fully saturated rings. The molecule has 3 N–H and O–H groups in total. The van der Waals surface area contributed by atoms with Crippen molar-refractivity contribution < 1.29 is 4.79 Å². The summed E-state index contributed by atoms with van der Waals surface area (Å²) >= 11 is 0. The van der Waals surface area contributed by atoms with Gasteiger partial charge in [0.25, 0.3) is 0 Å². The molecule has 4 unspecified atom stereocenters. The summed E-state index contributed by atoms with van der Waals surface area (Å²) < 4.78 is 0. The van der Waals surface area contributed by atoms with E-state index >= 15 is 0 Å². The molecule has 0 spiro atoms. The molecule has 4 rings (SSSR count). The molecule has 5 nitrogen and oxygen atoms in total. The number of rotatable bonds is 2. The highest BCUT2D eigenvalue weighted by Gasteiger charge is 2.51. The van der Waals surface area contributed by atoms with Gasteiger partial charge in [0.05, 0.1) is 23.3 Å². The number of anilines is 2. The number of para-hydroxylation sites is 2. The lowest BCUT2D eigenvalue weighted by Gasteiger charge is -2.50. The molecular weight excluding hydrogens is 360 g/mol. The van der Waals surface area contributed by atoms with Crippen LogP contribution in [0.2, 0.25) is 0 Å². The Labute approximate surface area is 174 Å². The average molecular weight is 395 g/mol. The van der Waals surface area contributed by atoms with Gasteiger partial charge in [-0.2, -0.15) is 0 Å². The SMILES string of the molecule is CCC1CC2CC(C)CC(C(=O)N3CC(=CN)C(=NC)Nc4ccccc43)(C1)C2. The van der Waals surface area contributed by atoms with E-state index < -0.39 is 0 Å². The number of amides is 1. The van der Waals surface area contributed by atoms with Gasteiger partial charge in [-0.15, -0.1) is 0 Å². The van der Waals surface area contributed by atoms with Crippen LogP contribution in [-0.4, -0.2) is 25.3 Å². The minimum atomic E-state index is -0.248. The van der Waals surface area contributed by atoms with Gasteiger partial charge in [-0.25, -0.2) is 0 Å². The van der Waals surface area contributed by atoms with Crippen molar-refractivity contribution in [3.63, 3.8) is 0 Å². The Morgan fingerprint density at radius 2 is 2.10 bits per heavy atom. The number of nitrogens with one attached hydrogen (secondary N) is 1. The Morgan fingerprint density at radius 1 is 1.31 bits per heavy atom. The van der Waals surface area contributed by atoms with Crippen LogP contribution >= 0.6 is 0 Å². The number of carbonyl (C=O) groups is 1. The Bertz CT molecular complexity index is 841. The highest BCUT2D eigenvalue weighted by atomic mass is 16.2. The molecule has 29 heavy (non-hydrogen) atoms. The molecule has 1 amide bonds. The minimum absolute atomic E-state index is 0.248. The zero-order valence-electron chi connectivity index (χ0n) is 17.9. The third-order valence-corrected chi connectivity index (χ3v) is 7.28. The maximum Gasteiger partial charge on any atom is 0.233 e. The van der Waals surface area contributed by atoms with E-state index in [4.69, 9.17) is 5.73 Å². The van der Waals surface area contributed by atoms with Gasteiger partial charge in [0.15, 0.2) is 0 Å². The average Bonchev–Trinajstić information content (AvgIpc) is 2.88. The van der Waals surface area contributed by atoms with Crippen LogP contribution in [0.1, 0.15) is 52.4 Å². The Balaban J connectivity index is 1.76. The van der Waals surface area contributed by atoms with E-state index in [1.54, 1.807) is 13.2 Å². The van der Waals surface area contributed by atoms with Crippen LogP contribution in [0.4, 0.5) is 11.4 Å². The van der Waals surface area contributed by atoms with Gasteiger partial charge < -0.3 is 16.0 Å². The smallest absolute Gasteiger partial charge is 0.233 e. The van der Waals surface area contributed by atoms with Crippen LogP contribution in [0.15, 0.2) is 41.0 Å². The number of fused-ring (bicyclic) bond motifs is 3. The first-order valence-corrected chi connectivity index (χ1v) is 11.1. The maximum absolute atomic E-state index is 14.3. The summed E-state index contributed by atoms with van der Waals surface area (Å²) in [7, 11) is 1.75. The lowest BCUT2D eigenvalue weighted by atomic mass is 9.55. The summed E-state index contributed by atoms with van der Waals surface area (Å²) in [4.78, 5) is 20.6. The second kappa shape index (κ2) is 7.85. The van der Waals surface area contributed by atoms with E-state index in [1.807, 2.05) is 29.2 Å². The first-order chi connectivity index (χ1) is 14.0. The summed E-state index contributed by atoms with van der Waals surface area (Å²) in [5, 5.41) is 3.39. The van der Waals surface area contributed by atoms with E-state index in [-0.39, 0.29) is 11.3 Å². The second-order valence-corrected chi connectivity index (χ2v) is 9.41. The van der Waals surface area contributed by atoms with Crippen LogP contribution in [-0.2, 0) is 4.79 Å². The lowest BCUT2D eigenvalue weighted by Crippen LogP contribution is -2.51. The predicted octanol–water partition coefficient (Wildman–Crippen LogP) is 4.56. The number of hydrogen-bond donors (Lipinski definition) is 2. The molecular formula is C24H34N4O. The Hall–Kier alpha value is -2.30. The van der Waals surface area contributed by atoms with Crippen molar-refractivity contribution >= 4 is 23.1 Å². The molecule has 1 aromatic rings. The van der Waals surface area contributed by atoms with Crippen molar-refractivity contribution in [2.24, 2.45) is 33.9 Å². The summed E-state index contributed by atoms with van der Waals surface area (Å²) in [5.41, 5.74) is 8.41. The standard InChI is InChI=1S/C24H34N4O/c1-4-17-10-18-9-16(2)11-24(12-17,13-18)23(29)28-15-19(14-25)22(26-3)27-20-7-5-6-8-21(20)28/h5-8,14,16-18H,4,9-13,15,25H2,1-3H3,(H,26,27). The van der Waals surface area contributed by atoms with E-state index in [9.17, 15) is 4.79 Å². The number of hydrogen-bond acceptors (Lipinski definition) is 3. The number of benzene rings is 1. The van der Waals surface area contributed by atoms with E-state index in [0.29, 0.717) is 24.3 Å². The van der Waals surface area contributed by atoms with Gasteiger partial charge in [0, 0.05) is 18.8 Å². The monoisotopic (exact) mass is 394 g/mol. The quantitative estimate of drug-likeness (QED) is 0.772. The fraction of sp³-hybridized carbons (Fsp3) is 0.583. The largest absolute Gasteiger partial charge is 0.404 e. The van der Waals surface area contributed by atoms with E-state index in [2.05, 4.69) is 24.2 Å². The summed E-state index contributed by atoms with van der Waals surface area (Å²) in [6.45, 7) is 5.06. The van der Waals surface area contributed by atoms with Crippen molar-refractivity contribution in [1.29, 1.82) is 0 Å². The van der Waals surface area contributed by atoms with E-state index in [1.165, 1.54) is 19.3 Å². The third kappa shape index (κ3) is 3.56. The van der Waals surface area contributed by atoms with Gasteiger partial charge in [-0.1, -0.05) is 32.4 Å². The van der Waals surface area contributed by atoms with Crippen molar-refractivity contribution in [3.8, 4) is 0 Å². The fourth-order valence-electron chi connectivity index (χ4n) is 6.22. The zero-order valence-corrected chi connectivity index (χ0v) is 17.9. The van der Waals surface area contributed by atoms with Crippen LogP contribution in [0, 0.1) is 23.2 Å². The van der Waals surface area contributed by atoms with Crippen molar-refractivity contribution in [2.45, 2.75) is 52.4 Å². The molecule has 0 radical (unpaired) electrons. The molecule has 1 aromatic carbocycles. The first-order valence-electron chi connectivity index (χ1n) is 11.1. The second-order valence-electron chi connectivity index (χ2n) is 9.41. The molecule has 0 saturated heterocycles. The number of nitrogens with two attached hydrogens (primary N) is 1. The minimum Gasteiger partial charge on any atom is -0.404 e. The number of nitrogens with zero attached hydrogens (tertiary/aromatic N) is 2. The zero-order chi connectivity index (χ0) is 20.6. The van der Waals surface area contributed by atoms with Crippen LogP contribution in [0.3, 0.4) is 0 Å². The molecule has 2 saturated carbocycles. The summed E-state index contributed by atoms with van der Waals surface area (Å²) in [6, 6.07) is 8.04. The number of carbonyl (C=O) groups excluding carboxylic acids is 1. The van der Waals surface area contributed by atoms with Gasteiger partial charge in [-0.3, -0.25) is 9.79 Å². The van der Waals surface area contributed by atoms with Crippen molar-refractivity contribution in [1.82, 2.24) is 0 Å². The number of aliphatic imine (C=N–C) groups is 1. The van der Waals surface area contributed by atoms with E-state index in [0.717, 1.165) is 42.0 Å². The molecule has 1 aliphatic heterocycles. The van der Waals surface area contributed by atoms with Crippen molar-refractivity contribution in [3.05, 3.63) is 36.0 Å². The number of amidine groups is 1. The maximum atomic E-state index is 14.3. The molecule has 5 heteroatoms. The molecule has 4 atom stereocenters. The summed E-state index contributed by atoms with van der Waals surface area (Å²) in [5.74, 6) is 2.95. The highest BCUT2D eigenvalue weighted by Crippen LogP contribution is 2.55. The predicted molar refractivity (Wildman–Crippen MR) is 120 cm³/mol. The fourth-order valence-corrected chi connectivity index (χ4v) is 6.22. The molecule has 156 valence electrons. The third-order valence-electron chi connectivity index (χ3n) is 7.28. The molecule has 0 aromatic heterocycles. The van der Waals surface area contributed by atoms with Gasteiger partial charge in [-0.05, 0) is 62.0 Å². The van der Waals surface area contributed by atoms with Crippen LogP contribution in [0.25, 0.3) is 0 Å². The van der Waals surface area contributed by atoms with Gasteiger partial charge >= 0.3 is 0 Å². The molecule has 1 heterocycles. The topological polar surface area (TPSA) is 70.7 Å². The normalized spacial score (nSPS) is 34.4. The summed E-state index contributed by atoms with van der Waals surface area (Å²) in [6.07, 6.45) is 8.36. The highest BCUT2D eigenvalue weighted by molar-refractivity contribution is 6.14. The molecule has 3 aliphatic rings. The molecule has 2 aliphatic carbocycles. The Kier molecular flexibility index (Phi) is 5.41. The first kappa shape index (κ1) is 20.0. The van der Waals surface area contributed by atoms with Gasteiger partial charge in [0.1, 0.15) is 5.84 Å². The van der Waals surface area contributed by atoms with Crippen LogP contribution < -0.4 is 16.0 Å². The van der Waals surface area contributed by atoms with Crippen molar-refractivity contribution in [2.75, 3.05) is 23.8 Å². The Morgan fingerprint density at radius 3 is 2.83 bits per heavy atom. The van der Waals surface area contributed by atoms with Crippen LogP contribution in [0.5, 0.6) is 0 Å². The molecule has 2 bridgehead atoms.